The Bertz CT molecular complexity index is 1080. The molecule has 5 nitrogen and oxygen atoms in total. The molecule has 0 spiro atoms. The summed E-state index contributed by atoms with van der Waals surface area (Å²) in [4.78, 5) is 16.1. The molecule has 0 saturated carbocycles. The number of carbonyl (C=O) groups is 1. The summed E-state index contributed by atoms with van der Waals surface area (Å²) >= 11 is 0. The molecule has 27 heavy (non-hydrogen) atoms. The fourth-order valence-electron chi connectivity index (χ4n) is 3.07. The maximum absolute atomic E-state index is 12.5. The van der Waals surface area contributed by atoms with Crippen LogP contribution in [0.3, 0.4) is 0 Å². The fourth-order valence-corrected chi connectivity index (χ4v) is 4.25. The third kappa shape index (κ3) is 4.44. The Morgan fingerprint density at radius 3 is 2.56 bits per heavy atom. The van der Waals surface area contributed by atoms with Crippen LogP contribution in [0, 0.1) is 26.2 Å². The van der Waals surface area contributed by atoms with Crippen LogP contribution < -0.4 is 4.72 Å². The number of anilines is 1. The number of aryl methyl sites for hydroxylation is 3. The Morgan fingerprint density at radius 1 is 1.19 bits per heavy atom. The summed E-state index contributed by atoms with van der Waals surface area (Å²) in [7, 11) is -3.54. The standard InChI is InChI=1S/C21H20N2O3S/c1-4-20(24)19-10-9-17-12-18(11-15(3)21(17)22-19)23-27(25,26)13-16-7-5-14(2)6-8-16/h1,5-8,11-12,23H,9-10,13H2,2-3H3. The van der Waals surface area contributed by atoms with E-state index in [0.717, 1.165) is 22.3 Å². The molecule has 3 rings (SSSR count). The second kappa shape index (κ2) is 7.37. The fraction of sp³-hybridized carbons (Fsp3) is 0.238. The summed E-state index contributed by atoms with van der Waals surface area (Å²) < 4.78 is 27.7. The van der Waals surface area contributed by atoms with Gasteiger partial charge in [0.05, 0.1) is 17.2 Å². The first-order chi connectivity index (χ1) is 12.8. The van der Waals surface area contributed by atoms with Crippen molar-refractivity contribution < 1.29 is 13.2 Å². The van der Waals surface area contributed by atoms with Crippen LogP contribution >= 0.6 is 0 Å². The lowest BCUT2D eigenvalue weighted by molar-refractivity contribution is -0.108. The number of terminal acetylenes is 1. The highest BCUT2D eigenvalue weighted by molar-refractivity contribution is 7.91. The largest absolute Gasteiger partial charge is 0.283 e. The lowest BCUT2D eigenvalue weighted by atomic mass is 9.96. The van der Waals surface area contributed by atoms with E-state index in [2.05, 4.69) is 15.6 Å². The average Bonchev–Trinajstić information content (AvgIpc) is 2.62. The normalized spacial score (nSPS) is 13.3. The van der Waals surface area contributed by atoms with Crippen LogP contribution in [0.4, 0.5) is 11.4 Å². The monoisotopic (exact) mass is 380 g/mol. The van der Waals surface area contributed by atoms with Gasteiger partial charge in [-0.25, -0.2) is 13.4 Å². The van der Waals surface area contributed by atoms with Crippen molar-refractivity contribution in [2.45, 2.75) is 32.4 Å². The Hall–Kier alpha value is -2.91. The summed E-state index contributed by atoms with van der Waals surface area (Å²) in [5, 5.41) is 0. The van der Waals surface area contributed by atoms with Gasteiger partial charge in [0.1, 0.15) is 0 Å². The van der Waals surface area contributed by atoms with E-state index in [0.29, 0.717) is 29.9 Å². The van der Waals surface area contributed by atoms with Crippen molar-refractivity contribution in [3.8, 4) is 12.3 Å². The predicted molar refractivity (Wildman–Crippen MR) is 108 cm³/mol. The van der Waals surface area contributed by atoms with Crippen LogP contribution in [-0.4, -0.2) is 19.9 Å². The molecule has 0 fully saturated rings. The van der Waals surface area contributed by atoms with Crippen LogP contribution in [0.1, 0.15) is 28.7 Å². The SMILES string of the molecule is C#CC(=O)C1=Nc2c(C)cc(NS(=O)(=O)Cc3ccc(C)cc3)cc2CC1. The lowest BCUT2D eigenvalue weighted by Gasteiger charge is -2.18. The summed E-state index contributed by atoms with van der Waals surface area (Å²) in [5.41, 5.74) is 5.07. The molecule has 2 aromatic rings. The maximum Gasteiger partial charge on any atom is 0.249 e. The summed E-state index contributed by atoms with van der Waals surface area (Å²) in [6.07, 6.45) is 6.22. The minimum atomic E-state index is -3.54. The first-order valence-corrected chi connectivity index (χ1v) is 10.2. The maximum atomic E-state index is 12.5. The molecule has 138 valence electrons. The molecule has 0 unspecified atom stereocenters. The number of nitrogens with zero attached hydrogens (tertiary/aromatic N) is 1. The molecule has 0 amide bonds. The zero-order valence-electron chi connectivity index (χ0n) is 15.2. The lowest BCUT2D eigenvalue weighted by Crippen LogP contribution is -2.17. The first kappa shape index (κ1) is 18.9. The zero-order valence-corrected chi connectivity index (χ0v) is 16.1. The Morgan fingerprint density at radius 2 is 1.89 bits per heavy atom. The minimum Gasteiger partial charge on any atom is -0.283 e. The Labute approximate surface area is 159 Å². The van der Waals surface area contributed by atoms with Crippen LogP contribution in [0.5, 0.6) is 0 Å². The van der Waals surface area contributed by atoms with E-state index in [1.807, 2.05) is 38.1 Å². The van der Waals surface area contributed by atoms with Crippen molar-refractivity contribution in [1.82, 2.24) is 0 Å². The Kier molecular flexibility index (Phi) is 5.15. The van der Waals surface area contributed by atoms with Gasteiger partial charge in [-0.15, -0.1) is 6.42 Å². The predicted octanol–water partition coefficient (Wildman–Crippen LogP) is 3.47. The van der Waals surface area contributed by atoms with Gasteiger partial charge in [-0.2, -0.15) is 0 Å². The van der Waals surface area contributed by atoms with Gasteiger partial charge in [0, 0.05) is 5.69 Å². The zero-order chi connectivity index (χ0) is 19.6. The number of hydrogen-bond donors (Lipinski definition) is 1. The van der Waals surface area contributed by atoms with Crippen molar-refractivity contribution >= 4 is 32.9 Å². The van der Waals surface area contributed by atoms with Crippen molar-refractivity contribution in [3.63, 3.8) is 0 Å². The van der Waals surface area contributed by atoms with E-state index in [4.69, 9.17) is 6.42 Å². The number of fused-ring (bicyclic) bond motifs is 1. The highest BCUT2D eigenvalue weighted by atomic mass is 32.2. The molecule has 0 saturated heterocycles. The number of carbonyl (C=O) groups excluding carboxylic acids is 1. The molecule has 0 bridgehead atoms. The quantitative estimate of drug-likeness (QED) is 0.637. The second-order valence-corrected chi connectivity index (χ2v) is 8.40. The van der Waals surface area contributed by atoms with Crippen molar-refractivity contribution in [3.05, 3.63) is 58.7 Å². The van der Waals surface area contributed by atoms with E-state index < -0.39 is 15.8 Å². The van der Waals surface area contributed by atoms with E-state index in [-0.39, 0.29) is 5.75 Å². The second-order valence-electron chi connectivity index (χ2n) is 6.68. The van der Waals surface area contributed by atoms with Gasteiger partial charge < -0.3 is 0 Å². The summed E-state index contributed by atoms with van der Waals surface area (Å²) in [5.74, 6) is 1.60. The molecule has 0 aromatic heterocycles. The van der Waals surface area contributed by atoms with Gasteiger partial charge in [-0.3, -0.25) is 9.52 Å². The number of benzene rings is 2. The molecule has 1 N–H and O–H groups in total. The number of nitrogens with one attached hydrogen (secondary N) is 1. The number of rotatable bonds is 5. The van der Waals surface area contributed by atoms with E-state index >= 15 is 0 Å². The van der Waals surface area contributed by atoms with E-state index in [9.17, 15) is 13.2 Å². The van der Waals surface area contributed by atoms with Crippen LogP contribution in [0.15, 0.2) is 41.4 Å². The minimum absolute atomic E-state index is 0.0949. The molecule has 2 aromatic carbocycles. The van der Waals surface area contributed by atoms with Gasteiger partial charge in [-0.1, -0.05) is 29.8 Å². The molecule has 1 aliphatic heterocycles. The number of Topliss-reactive ketones (excluding diaryl/α,β-unsaturated/α-hetero) is 1. The molecular weight excluding hydrogens is 360 g/mol. The summed E-state index contributed by atoms with van der Waals surface area (Å²) in [6.45, 7) is 3.79. The van der Waals surface area contributed by atoms with Gasteiger partial charge >= 0.3 is 0 Å². The molecule has 0 radical (unpaired) electrons. The molecule has 0 aliphatic carbocycles. The third-order valence-corrected chi connectivity index (χ3v) is 5.66. The Balaban J connectivity index is 1.84. The van der Waals surface area contributed by atoms with E-state index in [1.165, 1.54) is 0 Å². The van der Waals surface area contributed by atoms with Crippen LogP contribution in [0.25, 0.3) is 0 Å². The highest BCUT2D eigenvalue weighted by Crippen LogP contribution is 2.33. The average molecular weight is 380 g/mol. The summed E-state index contributed by atoms with van der Waals surface area (Å²) in [6, 6.07) is 10.9. The smallest absolute Gasteiger partial charge is 0.249 e. The number of sulfonamides is 1. The van der Waals surface area contributed by atoms with Crippen LogP contribution in [-0.2, 0) is 27.0 Å². The topological polar surface area (TPSA) is 75.6 Å². The molecule has 1 heterocycles. The van der Waals surface area contributed by atoms with Gasteiger partial charge in [0.2, 0.25) is 15.8 Å². The molecule has 1 aliphatic rings. The van der Waals surface area contributed by atoms with Crippen molar-refractivity contribution in [1.29, 1.82) is 0 Å². The number of aliphatic imine (C=N–C) groups is 1. The third-order valence-electron chi connectivity index (χ3n) is 4.40. The van der Waals surface area contributed by atoms with Gasteiger partial charge in [-0.05, 0) is 61.4 Å². The first-order valence-electron chi connectivity index (χ1n) is 8.55. The molecular formula is C21H20N2O3S. The van der Waals surface area contributed by atoms with Crippen LogP contribution in [0.2, 0.25) is 0 Å². The number of ketones is 1. The molecule has 6 heteroatoms. The van der Waals surface area contributed by atoms with E-state index in [1.54, 1.807) is 12.1 Å². The van der Waals surface area contributed by atoms with Gasteiger partial charge in [0.15, 0.2) is 0 Å². The van der Waals surface area contributed by atoms with Gasteiger partial charge in [0.25, 0.3) is 0 Å². The van der Waals surface area contributed by atoms with Crippen molar-refractivity contribution in [2.24, 2.45) is 4.99 Å². The molecule has 0 atom stereocenters. The highest BCUT2D eigenvalue weighted by Gasteiger charge is 2.20. The van der Waals surface area contributed by atoms with Crippen molar-refractivity contribution in [2.75, 3.05) is 4.72 Å². The number of hydrogen-bond acceptors (Lipinski definition) is 4.